The number of rotatable bonds is 3. The number of benzene rings is 2. The topological polar surface area (TPSA) is 61.4 Å². The largest absolute Gasteiger partial charge is 0.378 e. The fourth-order valence-electron chi connectivity index (χ4n) is 1.79. The average Bonchev–Trinajstić information content (AvgIpc) is 2.51. The van der Waals surface area contributed by atoms with Crippen molar-refractivity contribution in [2.45, 2.75) is 0 Å². The molecular formula is C16H15F2N3O2. The highest BCUT2D eigenvalue weighted by Crippen LogP contribution is 2.16. The second-order valence-corrected chi connectivity index (χ2v) is 4.98. The average molecular weight is 319 g/mol. The van der Waals surface area contributed by atoms with Crippen molar-refractivity contribution in [3.8, 4) is 0 Å². The van der Waals surface area contributed by atoms with Crippen LogP contribution in [0.3, 0.4) is 0 Å². The zero-order chi connectivity index (χ0) is 17.0. The van der Waals surface area contributed by atoms with Gasteiger partial charge in [0, 0.05) is 37.2 Å². The van der Waals surface area contributed by atoms with E-state index < -0.39 is 23.4 Å². The van der Waals surface area contributed by atoms with E-state index in [1.165, 1.54) is 0 Å². The summed E-state index contributed by atoms with van der Waals surface area (Å²) in [7, 11) is 3.76. The van der Waals surface area contributed by atoms with Crippen molar-refractivity contribution in [3.63, 3.8) is 0 Å². The number of carbonyl (C=O) groups is 2. The summed E-state index contributed by atoms with van der Waals surface area (Å²) >= 11 is 0. The molecule has 0 spiro atoms. The Labute approximate surface area is 131 Å². The number of hydrogen-bond donors (Lipinski definition) is 2. The van der Waals surface area contributed by atoms with E-state index in [4.69, 9.17) is 0 Å². The van der Waals surface area contributed by atoms with Crippen molar-refractivity contribution in [2.75, 3.05) is 29.6 Å². The molecule has 0 radical (unpaired) electrons. The van der Waals surface area contributed by atoms with Crippen LogP contribution in [0.4, 0.5) is 25.8 Å². The molecule has 5 nitrogen and oxygen atoms in total. The van der Waals surface area contributed by atoms with Crippen LogP contribution in [0.25, 0.3) is 0 Å². The van der Waals surface area contributed by atoms with Crippen LogP contribution in [0.1, 0.15) is 0 Å². The maximum atomic E-state index is 13.0. The molecular weight excluding hydrogens is 304 g/mol. The molecule has 0 saturated heterocycles. The molecule has 2 aromatic rings. The van der Waals surface area contributed by atoms with Gasteiger partial charge in [0.15, 0.2) is 11.6 Å². The van der Waals surface area contributed by atoms with Crippen LogP contribution in [0, 0.1) is 11.6 Å². The molecule has 0 heterocycles. The summed E-state index contributed by atoms with van der Waals surface area (Å²) in [5.74, 6) is -4.03. The van der Waals surface area contributed by atoms with Gasteiger partial charge >= 0.3 is 11.8 Å². The fourth-order valence-corrected chi connectivity index (χ4v) is 1.79. The van der Waals surface area contributed by atoms with Crippen LogP contribution >= 0.6 is 0 Å². The molecule has 2 rings (SSSR count). The summed E-state index contributed by atoms with van der Waals surface area (Å²) in [5, 5.41) is 4.61. The molecule has 2 N–H and O–H groups in total. The minimum atomic E-state index is -1.11. The molecule has 0 aliphatic rings. The molecule has 120 valence electrons. The minimum Gasteiger partial charge on any atom is -0.378 e. The first-order valence-electron chi connectivity index (χ1n) is 6.71. The van der Waals surface area contributed by atoms with Gasteiger partial charge < -0.3 is 15.5 Å². The lowest BCUT2D eigenvalue weighted by Gasteiger charge is -2.13. The number of hydrogen-bond acceptors (Lipinski definition) is 3. The minimum absolute atomic E-state index is 0.00740. The summed E-state index contributed by atoms with van der Waals surface area (Å²) in [6.07, 6.45) is 0. The van der Waals surface area contributed by atoms with Gasteiger partial charge in [0.1, 0.15) is 0 Å². The standard InChI is InChI=1S/C16H15F2N3O2/c1-21(2)12-6-3-10(4-7-12)19-15(22)16(23)20-11-5-8-13(17)14(18)9-11/h3-9H,1-2H3,(H,19,22)(H,20,23). The molecule has 0 unspecified atom stereocenters. The van der Waals surface area contributed by atoms with E-state index in [0.717, 1.165) is 23.9 Å². The zero-order valence-electron chi connectivity index (χ0n) is 12.6. The fraction of sp³-hybridized carbons (Fsp3) is 0.125. The summed E-state index contributed by atoms with van der Waals surface area (Å²) in [4.78, 5) is 25.4. The highest BCUT2D eigenvalue weighted by molar-refractivity contribution is 6.43. The summed E-state index contributed by atoms with van der Waals surface area (Å²) in [5.41, 5.74) is 1.38. The van der Waals surface area contributed by atoms with Crippen molar-refractivity contribution in [1.82, 2.24) is 0 Å². The number of amides is 2. The summed E-state index contributed by atoms with van der Waals surface area (Å²) < 4.78 is 25.9. The Morgan fingerprint density at radius 2 is 1.35 bits per heavy atom. The van der Waals surface area contributed by atoms with E-state index in [2.05, 4.69) is 10.6 Å². The van der Waals surface area contributed by atoms with Crippen LogP contribution < -0.4 is 15.5 Å². The third kappa shape index (κ3) is 4.26. The summed E-state index contributed by atoms with van der Waals surface area (Å²) in [6, 6.07) is 9.69. The van der Waals surface area contributed by atoms with E-state index in [1.54, 1.807) is 24.3 Å². The molecule has 23 heavy (non-hydrogen) atoms. The second kappa shape index (κ2) is 6.87. The van der Waals surface area contributed by atoms with Gasteiger partial charge in [0.25, 0.3) is 0 Å². The monoisotopic (exact) mass is 319 g/mol. The predicted octanol–water partition coefficient (Wildman–Crippen LogP) is 2.61. The van der Waals surface area contributed by atoms with Gasteiger partial charge in [-0.3, -0.25) is 9.59 Å². The van der Waals surface area contributed by atoms with Gasteiger partial charge in [-0.1, -0.05) is 0 Å². The normalized spacial score (nSPS) is 10.1. The summed E-state index contributed by atoms with van der Waals surface area (Å²) in [6.45, 7) is 0. The number of carbonyl (C=O) groups excluding carboxylic acids is 2. The van der Waals surface area contributed by atoms with Gasteiger partial charge in [0.05, 0.1) is 0 Å². The van der Waals surface area contributed by atoms with Crippen LogP contribution in [-0.2, 0) is 9.59 Å². The van der Waals surface area contributed by atoms with Crippen LogP contribution in [0.5, 0.6) is 0 Å². The Morgan fingerprint density at radius 1 is 0.826 bits per heavy atom. The lowest BCUT2D eigenvalue weighted by molar-refractivity contribution is -0.133. The molecule has 0 saturated carbocycles. The van der Waals surface area contributed by atoms with Gasteiger partial charge in [0.2, 0.25) is 0 Å². The predicted molar refractivity (Wildman–Crippen MR) is 84.4 cm³/mol. The number of halogens is 2. The lowest BCUT2D eigenvalue weighted by Crippen LogP contribution is -2.29. The highest BCUT2D eigenvalue weighted by Gasteiger charge is 2.15. The maximum absolute atomic E-state index is 13.0. The molecule has 0 aliphatic heterocycles. The number of nitrogens with zero attached hydrogens (tertiary/aromatic N) is 1. The van der Waals surface area contributed by atoms with Crippen molar-refractivity contribution in [1.29, 1.82) is 0 Å². The number of anilines is 3. The smallest absolute Gasteiger partial charge is 0.314 e. The van der Waals surface area contributed by atoms with Gasteiger partial charge in [-0.25, -0.2) is 8.78 Å². The van der Waals surface area contributed by atoms with E-state index in [1.807, 2.05) is 19.0 Å². The molecule has 0 aliphatic carbocycles. The first-order chi connectivity index (χ1) is 10.9. The van der Waals surface area contributed by atoms with E-state index in [9.17, 15) is 18.4 Å². The van der Waals surface area contributed by atoms with Crippen LogP contribution in [-0.4, -0.2) is 25.9 Å². The highest BCUT2D eigenvalue weighted by atomic mass is 19.2. The Balaban J connectivity index is 1.99. The lowest BCUT2D eigenvalue weighted by atomic mass is 10.2. The van der Waals surface area contributed by atoms with Gasteiger partial charge in [-0.2, -0.15) is 0 Å². The maximum Gasteiger partial charge on any atom is 0.314 e. The van der Waals surface area contributed by atoms with Crippen LogP contribution in [0.15, 0.2) is 42.5 Å². The Bertz CT molecular complexity index is 731. The van der Waals surface area contributed by atoms with Crippen LogP contribution in [0.2, 0.25) is 0 Å². The van der Waals surface area contributed by atoms with E-state index in [0.29, 0.717) is 5.69 Å². The quantitative estimate of drug-likeness (QED) is 0.855. The SMILES string of the molecule is CN(C)c1ccc(NC(=O)C(=O)Nc2ccc(F)c(F)c2)cc1. The third-order valence-corrected chi connectivity index (χ3v) is 3.03. The first kappa shape index (κ1) is 16.4. The molecule has 7 heteroatoms. The Hall–Kier alpha value is -2.96. The Kier molecular flexibility index (Phi) is 4.90. The molecule has 0 atom stereocenters. The molecule has 0 aromatic heterocycles. The first-order valence-corrected chi connectivity index (χ1v) is 6.71. The molecule has 0 bridgehead atoms. The molecule has 2 amide bonds. The van der Waals surface area contributed by atoms with Gasteiger partial charge in [-0.05, 0) is 36.4 Å². The van der Waals surface area contributed by atoms with Crippen molar-refractivity contribution >= 4 is 28.9 Å². The molecule has 0 fully saturated rings. The van der Waals surface area contributed by atoms with E-state index >= 15 is 0 Å². The molecule has 2 aromatic carbocycles. The van der Waals surface area contributed by atoms with Crippen molar-refractivity contribution < 1.29 is 18.4 Å². The third-order valence-electron chi connectivity index (χ3n) is 3.03. The van der Waals surface area contributed by atoms with Crippen molar-refractivity contribution in [2.24, 2.45) is 0 Å². The second-order valence-electron chi connectivity index (χ2n) is 4.98. The Morgan fingerprint density at radius 3 is 1.87 bits per heavy atom. The number of nitrogens with one attached hydrogen (secondary N) is 2. The van der Waals surface area contributed by atoms with Crippen molar-refractivity contribution in [3.05, 3.63) is 54.1 Å². The van der Waals surface area contributed by atoms with E-state index in [-0.39, 0.29) is 5.69 Å². The zero-order valence-corrected chi connectivity index (χ0v) is 12.6. The van der Waals surface area contributed by atoms with Gasteiger partial charge in [-0.15, -0.1) is 0 Å².